The molecule has 2 aliphatic rings. The van der Waals surface area contributed by atoms with Gasteiger partial charge in [-0.1, -0.05) is 9.78 Å². The van der Waals surface area contributed by atoms with Crippen LogP contribution in [0.4, 0.5) is 0 Å². The number of fused-ring (bicyclic) bond motifs is 1. The van der Waals surface area contributed by atoms with E-state index in [-0.39, 0.29) is 29.9 Å². The van der Waals surface area contributed by atoms with Crippen molar-refractivity contribution in [3.63, 3.8) is 0 Å². The van der Waals surface area contributed by atoms with Crippen LogP contribution < -0.4 is 15.0 Å². The summed E-state index contributed by atoms with van der Waals surface area (Å²) >= 11 is 0. The number of likely N-dealkylation sites (tertiary alicyclic amines) is 1. The highest BCUT2D eigenvalue weighted by Crippen LogP contribution is 2.40. The Morgan fingerprint density at radius 2 is 2.16 bits per heavy atom. The summed E-state index contributed by atoms with van der Waals surface area (Å²) in [5, 5.41) is 22.8. The van der Waals surface area contributed by atoms with E-state index in [2.05, 4.69) is 34.2 Å². The van der Waals surface area contributed by atoms with Gasteiger partial charge < -0.3 is 14.7 Å². The summed E-state index contributed by atoms with van der Waals surface area (Å²) < 4.78 is 9.29. The molecule has 2 aromatic heterocycles. The normalized spacial score (nSPS) is 23.2. The highest BCUT2D eigenvalue weighted by atomic mass is 16.5. The van der Waals surface area contributed by atoms with Gasteiger partial charge in [0.1, 0.15) is 36.3 Å². The van der Waals surface area contributed by atoms with Gasteiger partial charge in [-0.15, -0.1) is 0 Å². The number of nitrogens with zero attached hydrogens (tertiary/aromatic N) is 5. The summed E-state index contributed by atoms with van der Waals surface area (Å²) in [6.07, 6.45) is 5.54. The lowest BCUT2D eigenvalue weighted by molar-refractivity contribution is -0.742. The van der Waals surface area contributed by atoms with Crippen LogP contribution >= 0.6 is 0 Å². The zero-order valence-electron chi connectivity index (χ0n) is 18.9. The van der Waals surface area contributed by atoms with Crippen LogP contribution in [-0.4, -0.2) is 62.3 Å². The average Bonchev–Trinajstić information content (AvgIpc) is 3.40. The molecule has 1 aromatic carbocycles. The lowest BCUT2D eigenvalue weighted by atomic mass is 10.00. The first-order valence-corrected chi connectivity index (χ1v) is 11.3. The second kappa shape index (κ2) is 7.97. The van der Waals surface area contributed by atoms with Gasteiger partial charge in [-0.2, -0.15) is 14.5 Å². The highest BCUT2D eigenvalue weighted by molar-refractivity contribution is 5.92. The molecule has 32 heavy (non-hydrogen) atoms. The summed E-state index contributed by atoms with van der Waals surface area (Å²) in [6, 6.07) is 5.92. The fraction of sp³-hybridized carbons (Fsp3) is 0.565. The molecule has 2 unspecified atom stereocenters. The van der Waals surface area contributed by atoms with Crippen molar-refractivity contribution in [2.75, 3.05) is 26.7 Å². The Labute approximate surface area is 186 Å². The second-order valence-electron chi connectivity index (χ2n) is 9.65. The Hall–Kier alpha value is -2.78. The fourth-order valence-electron chi connectivity index (χ4n) is 4.63. The van der Waals surface area contributed by atoms with Crippen molar-refractivity contribution in [1.82, 2.24) is 24.9 Å². The molecular formula is C23H31N6O3+. The number of aryl methyl sites for hydroxylation is 1. The Kier molecular flexibility index (Phi) is 5.25. The van der Waals surface area contributed by atoms with E-state index < -0.39 is 0 Å². The Morgan fingerprint density at radius 3 is 2.91 bits per heavy atom. The maximum atomic E-state index is 13.0. The van der Waals surface area contributed by atoms with Gasteiger partial charge in [-0.05, 0) is 57.4 Å². The van der Waals surface area contributed by atoms with E-state index in [0.29, 0.717) is 11.4 Å². The Balaban J connectivity index is 1.54. The van der Waals surface area contributed by atoms with E-state index in [4.69, 9.17) is 4.74 Å². The van der Waals surface area contributed by atoms with Gasteiger partial charge >= 0.3 is 5.69 Å². The number of ether oxygens (including phenoxy) is 1. The number of aliphatic hydroxyl groups is 1. The number of hydrogen-bond acceptors (Lipinski definition) is 6. The first-order chi connectivity index (χ1) is 15.3. The summed E-state index contributed by atoms with van der Waals surface area (Å²) in [5.74, 6) is 0.950. The summed E-state index contributed by atoms with van der Waals surface area (Å²) in [5.41, 5.74) is 2.00. The van der Waals surface area contributed by atoms with Crippen LogP contribution in [-0.2, 0) is 7.05 Å². The molecule has 3 heterocycles. The molecule has 1 saturated carbocycles. The molecule has 5 rings (SSSR count). The third kappa shape index (κ3) is 4.02. The third-order valence-corrected chi connectivity index (χ3v) is 6.78. The van der Waals surface area contributed by atoms with Crippen molar-refractivity contribution in [2.45, 2.75) is 44.2 Å². The van der Waals surface area contributed by atoms with Gasteiger partial charge in [-0.3, -0.25) is 5.10 Å². The molecule has 0 bridgehead atoms. The van der Waals surface area contributed by atoms with Crippen molar-refractivity contribution in [1.29, 1.82) is 0 Å². The van der Waals surface area contributed by atoms with Crippen molar-refractivity contribution >= 4 is 10.9 Å². The van der Waals surface area contributed by atoms with Gasteiger partial charge in [0.2, 0.25) is 0 Å². The summed E-state index contributed by atoms with van der Waals surface area (Å²) in [6.45, 7) is 3.94. The second-order valence-corrected chi connectivity index (χ2v) is 9.65. The molecule has 0 amide bonds. The van der Waals surface area contributed by atoms with E-state index in [0.717, 1.165) is 55.4 Å². The molecule has 0 radical (unpaired) electrons. The SMILES string of the molecule is CN1CCC([n+]2cc(-c3n[nH]c4ccc(OC5(C)CC5)cc34)nn(C)c2=O)CC(CO)C1. The standard InChI is InChI=1S/C23H31N6O3/c1-23(7-8-23)32-17-4-5-19-18(11-17)21(25-24-19)20-13-29(22(31)28(3)26-20)16-6-9-27(2)12-15(10-16)14-30/h4-5,11,13,15-16,30H,6-10,12,14H2,1-3H3,(H,24,25)/q+1. The third-order valence-electron chi connectivity index (χ3n) is 6.78. The van der Waals surface area contributed by atoms with Crippen molar-refractivity contribution in [3.8, 4) is 17.1 Å². The monoisotopic (exact) mass is 439 g/mol. The van der Waals surface area contributed by atoms with Gasteiger partial charge in [0, 0.05) is 31.5 Å². The average molecular weight is 440 g/mol. The largest absolute Gasteiger partial charge is 0.518 e. The van der Waals surface area contributed by atoms with Crippen LogP contribution in [0.15, 0.2) is 29.2 Å². The molecule has 9 nitrogen and oxygen atoms in total. The lowest BCUT2D eigenvalue weighted by Crippen LogP contribution is -2.58. The van der Waals surface area contributed by atoms with E-state index in [1.165, 1.54) is 4.68 Å². The van der Waals surface area contributed by atoms with Crippen molar-refractivity contribution in [3.05, 3.63) is 34.9 Å². The molecule has 0 spiro atoms. The summed E-state index contributed by atoms with van der Waals surface area (Å²) in [4.78, 5) is 15.2. The number of hydrogen-bond donors (Lipinski definition) is 2. The van der Waals surface area contributed by atoms with Gasteiger partial charge in [0.25, 0.3) is 0 Å². The number of nitrogens with one attached hydrogen (secondary N) is 1. The molecule has 3 aromatic rings. The van der Waals surface area contributed by atoms with Crippen LogP contribution in [0, 0.1) is 5.92 Å². The van der Waals surface area contributed by atoms with Gasteiger partial charge in [0.15, 0.2) is 5.69 Å². The fourth-order valence-corrected chi connectivity index (χ4v) is 4.63. The van der Waals surface area contributed by atoms with Gasteiger partial charge in [-0.25, -0.2) is 0 Å². The zero-order chi connectivity index (χ0) is 22.5. The maximum absolute atomic E-state index is 13.0. The zero-order valence-corrected chi connectivity index (χ0v) is 18.9. The number of benzene rings is 1. The molecule has 1 aliphatic heterocycles. The minimum absolute atomic E-state index is 0.00327. The smallest absolute Gasteiger partial charge is 0.488 e. The van der Waals surface area contributed by atoms with Crippen LogP contribution in [0.3, 0.4) is 0 Å². The molecule has 9 heteroatoms. The van der Waals surface area contributed by atoms with Gasteiger partial charge in [0.05, 0.1) is 5.52 Å². The number of aromatic nitrogens is 5. The Morgan fingerprint density at radius 1 is 1.34 bits per heavy atom. The van der Waals surface area contributed by atoms with E-state index in [1.54, 1.807) is 11.6 Å². The first-order valence-electron chi connectivity index (χ1n) is 11.3. The highest BCUT2D eigenvalue weighted by Gasteiger charge is 2.40. The molecule has 2 fully saturated rings. The van der Waals surface area contributed by atoms with Crippen LogP contribution in [0.2, 0.25) is 0 Å². The van der Waals surface area contributed by atoms with E-state index in [9.17, 15) is 9.90 Å². The number of rotatable bonds is 5. The van der Waals surface area contributed by atoms with E-state index in [1.807, 2.05) is 24.4 Å². The van der Waals surface area contributed by atoms with Crippen LogP contribution in [0.5, 0.6) is 5.75 Å². The van der Waals surface area contributed by atoms with Crippen molar-refractivity contribution < 1.29 is 14.4 Å². The van der Waals surface area contributed by atoms with Crippen LogP contribution in [0.1, 0.15) is 38.6 Å². The number of aliphatic hydroxyl groups excluding tert-OH is 1. The lowest BCUT2D eigenvalue weighted by Gasteiger charge is -2.17. The number of H-pyrrole nitrogens is 1. The molecule has 2 N–H and O–H groups in total. The molecular weight excluding hydrogens is 408 g/mol. The van der Waals surface area contributed by atoms with Crippen LogP contribution in [0.25, 0.3) is 22.3 Å². The van der Waals surface area contributed by atoms with E-state index >= 15 is 0 Å². The number of aromatic amines is 1. The molecule has 1 saturated heterocycles. The topological polar surface area (TPSA) is 100 Å². The minimum Gasteiger partial charge on any atom is -0.488 e. The molecule has 2 atom stereocenters. The minimum atomic E-state index is -0.162. The quantitative estimate of drug-likeness (QED) is 0.583. The predicted octanol–water partition coefficient (Wildman–Crippen LogP) is 1.42. The first kappa shape index (κ1) is 21.1. The maximum Gasteiger partial charge on any atom is 0.518 e. The molecule has 170 valence electrons. The molecule has 1 aliphatic carbocycles. The van der Waals surface area contributed by atoms with Crippen molar-refractivity contribution in [2.24, 2.45) is 13.0 Å². The Bertz CT molecular complexity index is 1200. The predicted molar refractivity (Wildman–Crippen MR) is 119 cm³/mol. The summed E-state index contributed by atoms with van der Waals surface area (Å²) in [7, 11) is 3.73.